The van der Waals surface area contributed by atoms with E-state index in [1.165, 1.54) is 16.6 Å². The molecule has 0 bridgehead atoms. The van der Waals surface area contributed by atoms with Crippen LogP contribution >= 0.6 is 11.8 Å². The van der Waals surface area contributed by atoms with Crippen LogP contribution in [0.3, 0.4) is 0 Å². The molecule has 0 saturated heterocycles. The van der Waals surface area contributed by atoms with Gasteiger partial charge in [-0.25, -0.2) is 0 Å². The molecular formula is C11H13ClN3S-. The molecule has 16 heavy (non-hydrogen) atoms. The Morgan fingerprint density at radius 3 is 2.88 bits per heavy atom. The van der Waals surface area contributed by atoms with Crippen molar-refractivity contribution in [1.29, 1.82) is 0 Å². The van der Waals surface area contributed by atoms with Crippen LogP contribution in [0, 0.1) is 0 Å². The highest BCUT2D eigenvalue weighted by Gasteiger charge is 2.00. The first-order chi connectivity index (χ1) is 7.29. The summed E-state index contributed by atoms with van der Waals surface area (Å²) in [7, 11) is 1.70. The van der Waals surface area contributed by atoms with Gasteiger partial charge in [-0.3, -0.25) is 4.99 Å². The number of nitrogens with zero attached hydrogens (tertiary/aromatic N) is 1. The fourth-order valence-corrected chi connectivity index (χ4v) is 2.02. The number of hydrogen-bond acceptors (Lipinski definition) is 2. The third-order valence-corrected chi connectivity index (χ3v) is 3.12. The summed E-state index contributed by atoms with van der Waals surface area (Å²) < 4.78 is 0. The first kappa shape index (κ1) is 12.9. The lowest BCUT2D eigenvalue weighted by Crippen LogP contribution is -3.00. The van der Waals surface area contributed by atoms with Gasteiger partial charge in [-0.2, -0.15) is 0 Å². The lowest BCUT2D eigenvalue weighted by atomic mass is 10.2. The Labute approximate surface area is 105 Å². The van der Waals surface area contributed by atoms with Crippen molar-refractivity contribution in [3.8, 4) is 0 Å². The van der Waals surface area contributed by atoms with Crippen LogP contribution in [0.1, 0.15) is 5.69 Å². The van der Waals surface area contributed by atoms with Gasteiger partial charge in [-0.1, -0.05) is 30.0 Å². The predicted molar refractivity (Wildman–Crippen MR) is 67.1 cm³/mol. The highest BCUT2D eigenvalue weighted by Crippen LogP contribution is 2.18. The molecule has 1 aromatic heterocycles. The molecule has 0 aliphatic heterocycles. The van der Waals surface area contributed by atoms with Crippen molar-refractivity contribution < 1.29 is 12.4 Å². The van der Waals surface area contributed by atoms with Crippen LogP contribution in [-0.4, -0.2) is 17.2 Å². The zero-order valence-electron chi connectivity index (χ0n) is 8.90. The quantitative estimate of drug-likeness (QED) is 0.553. The standard InChI is InChI=1S/C11H13N3S.ClH/c1-13-11(12)15-7-9-6-8-4-2-3-5-10(8)14-9;/h2-6,14H,7H2,1H3,(H2,12,13);1H/p-1. The van der Waals surface area contributed by atoms with Crippen LogP contribution in [0.5, 0.6) is 0 Å². The average Bonchev–Trinajstić information content (AvgIpc) is 2.68. The summed E-state index contributed by atoms with van der Waals surface area (Å²) >= 11 is 1.54. The lowest BCUT2D eigenvalue weighted by Gasteiger charge is -1.96. The maximum atomic E-state index is 5.61. The number of aromatic nitrogens is 1. The van der Waals surface area contributed by atoms with Gasteiger partial charge in [0.1, 0.15) is 0 Å². The second kappa shape index (κ2) is 5.82. The Morgan fingerprint density at radius 2 is 2.19 bits per heavy atom. The molecule has 0 amide bonds. The molecule has 2 aromatic rings. The number of nitrogens with one attached hydrogen (secondary N) is 1. The summed E-state index contributed by atoms with van der Waals surface area (Å²) in [4.78, 5) is 7.24. The van der Waals surface area contributed by atoms with E-state index in [4.69, 9.17) is 5.73 Å². The molecule has 1 aromatic carbocycles. The topological polar surface area (TPSA) is 54.2 Å². The summed E-state index contributed by atoms with van der Waals surface area (Å²) in [5, 5.41) is 1.86. The number of aliphatic imine (C=N–C) groups is 1. The van der Waals surface area contributed by atoms with E-state index in [-0.39, 0.29) is 12.4 Å². The van der Waals surface area contributed by atoms with Gasteiger partial charge in [-0.05, 0) is 17.5 Å². The van der Waals surface area contributed by atoms with E-state index in [1.807, 2.05) is 12.1 Å². The van der Waals surface area contributed by atoms with Crippen LogP contribution in [0.4, 0.5) is 0 Å². The number of thioether (sulfide) groups is 1. The number of halogens is 1. The number of fused-ring (bicyclic) bond motifs is 1. The molecule has 0 saturated carbocycles. The van der Waals surface area contributed by atoms with Crippen LogP contribution in [0.2, 0.25) is 0 Å². The summed E-state index contributed by atoms with van der Waals surface area (Å²) in [6.45, 7) is 0. The average molecular weight is 255 g/mol. The van der Waals surface area contributed by atoms with Crippen LogP contribution in [0.25, 0.3) is 10.9 Å². The first-order valence-electron chi connectivity index (χ1n) is 4.71. The molecule has 0 spiro atoms. The van der Waals surface area contributed by atoms with E-state index in [0.717, 1.165) is 5.75 Å². The molecule has 3 N–H and O–H groups in total. The number of nitrogens with two attached hydrogens (primary N) is 1. The van der Waals surface area contributed by atoms with Crippen molar-refractivity contribution >= 4 is 27.8 Å². The molecule has 3 nitrogen and oxygen atoms in total. The highest BCUT2D eigenvalue weighted by atomic mass is 35.5. The minimum absolute atomic E-state index is 0. The Bertz CT molecular complexity index is 460. The molecule has 0 fully saturated rings. The maximum Gasteiger partial charge on any atom is 0.154 e. The molecule has 1 heterocycles. The normalized spacial score (nSPS) is 11.4. The summed E-state index contributed by atoms with van der Waals surface area (Å²) in [5.41, 5.74) is 7.95. The van der Waals surface area contributed by atoms with Crippen molar-refractivity contribution in [3.63, 3.8) is 0 Å². The van der Waals surface area contributed by atoms with E-state index >= 15 is 0 Å². The van der Waals surface area contributed by atoms with Crippen molar-refractivity contribution in [2.24, 2.45) is 10.7 Å². The van der Waals surface area contributed by atoms with Gasteiger partial charge in [-0.15, -0.1) is 0 Å². The molecule has 2 rings (SSSR count). The first-order valence-corrected chi connectivity index (χ1v) is 5.70. The summed E-state index contributed by atoms with van der Waals surface area (Å²) in [5.74, 6) is 0.831. The van der Waals surface area contributed by atoms with Crippen LogP contribution in [0.15, 0.2) is 35.3 Å². The Morgan fingerprint density at radius 1 is 1.44 bits per heavy atom. The van der Waals surface area contributed by atoms with Gasteiger partial charge in [0.05, 0.1) is 0 Å². The number of H-pyrrole nitrogens is 1. The predicted octanol–water partition coefficient (Wildman–Crippen LogP) is -0.650. The SMILES string of the molecule is CN=C(N)SCc1cc2ccccc2[nH]1.[Cl-]. The molecule has 0 radical (unpaired) electrons. The van der Waals surface area contributed by atoms with Gasteiger partial charge in [0.25, 0.3) is 0 Å². The Hall–Kier alpha value is -1.13. The van der Waals surface area contributed by atoms with E-state index in [2.05, 4.69) is 28.2 Å². The number of para-hydroxylation sites is 1. The number of hydrogen-bond donors (Lipinski definition) is 2. The second-order valence-electron chi connectivity index (χ2n) is 3.23. The molecule has 86 valence electrons. The minimum atomic E-state index is 0. The van der Waals surface area contributed by atoms with Gasteiger partial charge in [0, 0.05) is 24.0 Å². The molecular weight excluding hydrogens is 242 g/mol. The molecule has 0 aliphatic rings. The molecule has 0 unspecified atom stereocenters. The third kappa shape index (κ3) is 2.93. The van der Waals surface area contributed by atoms with E-state index in [9.17, 15) is 0 Å². The number of benzene rings is 1. The lowest BCUT2D eigenvalue weighted by molar-refractivity contribution is -0.00000320. The summed E-state index contributed by atoms with van der Waals surface area (Å²) in [6.07, 6.45) is 0. The van der Waals surface area contributed by atoms with Crippen molar-refractivity contribution in [3.05, 3.63) is 36.0 Å². The van der Waals surface area contributed by atoms with E-state index < -0.39 is 0 Å². The van der Waals surface area contributed by atoms with Gasteiger partial charge in [0.15, 0.2) is 5.17 Å². The fraction of sp³-hybridized carbons (Fsp3) is 0.182. The van der Waals surface area contributed by atoms with Crippen molar-refractivity contribution in [1.82, 2.24) is 4.98 Å². The van der Waals surface area contributed by atoms with E-state index in [0.29, 0.717) is 5.17 Å². The third-order valence-electron chi connectivity index (χ3n) is 2.18. The van der Waals surface area contributed by atoms with Crippen molar-refractivity contribution in [2.75, 3.05) is 7.05 Å². The zero-order chi connectivity index (χ0) is 10.7. The second-order valence-corrected chi connectivity index (χ2v) is 4.23. The fourth-order valence-electron chi connectivity index (χ4n) is 1.43. The van der Waals surface area contributed by atoms with Crippen molar-refractivity contribution in [2.45, 2.75) is 5.75 Å². The monoisotopic (exact) mass is 254 g/mol. The molecule has 5 heteroatoms. The Kier molecular flexibility index (Phi) is 4.71. The van der Waals surface area contributed by atoms with E-state index in [1.54, 1.807) is 18.8 Å². The largest absolute Gasteiger partial charge is 1.00 e. The van der Waals surface area contributed by atoms with Crippen LogP contribution < -0.4 is 18.1 Å². The number of amidine groups is 1. The number of aromatic amines is 1. The smallest absolute Gasteiger partial charge is 0.154 e. The molecule has 0 aliphatic carbocycles. The highest BCUT2D eigenvalue weighted by molar-refractivity contribution is 8.13. The summed E-state index contributed by atoms with van der Waals surface area (Å²) in [6, 6.07) is 10.4. The molecule has 0 atom stereocenters. The maximum absolute atomic E-state index is 5.61. The van der Waals surface area contributed by atoms with Gasteiger partial charge >= 0.3 is 0 Å². The Balaban J connectivity index is 0.00000128. The van der Waals surface area contributed by atoms with Gasteiger partial charge in [0.2, 0.25) is 0 Å². The minimum Gasteiger partial charge on any atom is -1.00 e. The van der Waals surface area contributed by atoms with Crippen LogP contribution in [-0.2, 0) is 5.75 Å². The number of rotatable bonds is 2. The zero-order valence-corrected chi connectivity index (χ0v) is 10.5. The van der Waals surface area contributed by atoms with Gasteiger partial charge < -0.3 is 23.1 Å².